The number of hydrogen-bond donors (Lipinski definition) is 1. The molecule has 0 saturated carbocycles. The van der Waals surface area contributed by atoms with Crippen molar-refractivity contribution in [1.82, 2.24) is 14.5 Å². The Morgan fingerprint density at radius 2 is 2.04 bits per heavy atom. The summed E-state index contributed by atoms with van der Waals surface area (Å²) in [6, 6.07) is 5.82. The average Bonchev–Trinajstić information content (AvgIpc) is 2.98. The largest absolute Gasteiger partial charge is 0.324 e. The summed E-state index contributed by atoms with van der Waals surface area (Å²) in [4.78, 5) is 33.5. The molecule has 0 saturated heterocycles. The van der Waals surface area contributed by atoms with Gasteiger partial charge in [0.1, 0.15) is 17.6 Å². The van der Waals surface area contributed by atoms with Gasteiger partial charge in [0.05, 0.1) is 0 Å². The van der Waals surface area contributed by atoms with Gasteiger partial charge in [-0.15, -0.1) is 11.3 Å². The fourth-order valence-electron chi connectivity index (χ4n) is 2.47. The molecule has 3 rings (SSSR count). The zero-order valence-corrected chi connectivity index (χ0v) is 15.8. The number of thioether (sulfide) groups is 1. The summed E-state index contributed by atoms with van der Waals surface area (Å²) in [6.07, 6.45) is 1.38. The highest BCUT2D eigenvalue weighted by atomic mass is 32.2. The van der Waals surface area contributed by atoms with E-state index >= 15 is 0 Å². The van der Waals surface area contributed by atoms with Crippen LogP contribution >= 0.6 is 23.1 Å². The number of nitrogens with one attached hydrogen (secondary N) is 1. The highest BCUT2D eigenvalue weighted by molar-refractivity contribution is 8.01. The lowest BCUT2D eigenvalue weighted by atomic mass is 10.1. The lowest BCUT2D eigenvalue weighted by molar-refractivity contribution is -0.116. The zero-order chi connectivity index (χ0) is 18.0. The minimum absolute atomic E-state index is 0.0797. The van der Waals surface area contributed by atoms with Gasteiger partial charge >= 0.3 is 0 Å². The number of carbonyl (C=O) groups excluding carboxylic acids is 1. The van der Waals surface area contributed by atoms with Crippen molar-refractivity contribution < 1.29 is 4.79 Å². The monoisotopic (exact) mass is 374 g/mol. The number of anilines is 1. The van der Waals surface area contributed by atoms with E-state index in [1.54, 1.807) is 11.8 Å². The molecule has 0 aliphatic heterocycles. The first-order chi connectivity index (χ1) is 12.0. The summed E-state index contributed by atoms with van der Waals surface area (Å²) < 4.78 is 2.63. The highest BCUT2D eigenvalue weighted by Crippen LogP contribution is 2.26. The molecule has 1 amide bonds. The van der Waals surface area contributed by atoms with Crippen molar-refractivity contribution in [3.8, 4) is 0 Å². The standard InChI is InChI=1S/C17H18N4O2S2/c1-4-24-17-20-15-14(25-17)16(23)21(9-18-15)8-12(22)19-13-10(2)6-5-7-11(13)3/h5-7,9H,4,8H2,1-3H3,(H,19,22). The number of hydrogen-bond acceptors (Lipinski definition) is 6. The molecule has 6 nitrogen and oxygen atoms in total. The van der Waals surface area contributed by atoms with Crippen LogP contribution in [0.15, 0.2) is 33.7 Å². The van der Waals surface area contributed by atoms with Gasteiger partial charge in [-0.1, -0.05) is 36.9 Å². The highest BCUT2D eigenvalue weighted by Gasteiger charge is 2.14. The number of amides is 1. The molecular weight excluding hydrogens is 356 g/mol. The van der Waals surface area contributed by atoms with Crippen LogP contribution in [-0.2, 0) is 11.3 Å². The molecule has 0 fully saturated rings. The van der Waals surface area contributed by atoms with Gasteiger partial charge in [-0.25, -0.2) is 9.97 Å². The van der Waals surface area contributed by atoms with Crippen LogP contribution in [0, 0.1) is 13.8 Å². The quantitative estimate of drug-likeness (QED) is 0.694. The number of carbonyl (C=O) groups is 1. The molecule has 8 heteroatoms. The fourth-order valence-corrected chi connectivity index (χ4v) is 4.41. The van der Waals surface area contributed by atoms with E-state index in [1.807, 2.05) is 39.0 Å². The van der Waals surface area contributed by atoms with Crippen LogP contribution in [0.1, 0.15) is 18.1 Å². The third-order valence-corrected chi connectivity index (χ3v) is 5.75. The van der Waals surface area contributed by atoms with E-state index in [0.717, 1.165) is 26.9 Å². The Kier molecular flexibility index (Phi) is 5.19. The van der Waals surface area contributed by atoms with Gasteiger partial charge in [0.2, 0.25) is 5.91 Å². The number of para-hydroxylation sites is 1. The maximum atomic E-state index is 12.6. The Labute approximate surface area is 153 Å². The summed E-state index contributed by atoms with van der Waals surface area (Å²) in [7, 11) is 0. The van der Waals surface area contributed by atoms with Gasteiger partial charge in [0.25, 0.3) is 5.56 Å². The topological polar surface area (TPSA) is 76.9 Å². The van der Waals surface area contributed by atoms with Gasteiger partial charge in [0.15, 0.2) is 9.99 Å². The van der Waals surface area contributed by atoms with Crippen molar-refractivity contribution in [2.45, 2.75) is 31.7 Å². The van der Waals surface area contributed by atoms with Crippen molar-refractivity contribution >= 4 is 45.0 Å². The molecule has 2 aromatic heterocycles. The number of benzene rings is 1. The van der Waals surface area contributed by atoms with Crippen LogP contribution in [0.3, 0.4) is 0 Å². The lowest BCUT2D eigenvalue weighted by Crippen LogP contribution is -2.27. The number of aryl methyl sites for hydroxylation is 2. The Morgan fingerprint density at radius 3 is 2.72 bits per heavy atom. The van der Waals surface area contributed by atoms with E-state index in [4.69, 9.17) is 0 Å². The van der Waals surface area contributed by atoms with E-state index in [2.05, 4.69) is 15.3 Å². The van der Waals surface area contributed by atoms with Crippen molar-refractivity contribution in [3.63, 3.8) is 0 Å². The van der Waals surface area contributed by atoms with Crippen LogP contribution in [0.25, 0.3) is 10.3 Å². The molecule has 130 valence electrons. The summed E-state index contributed by atoms with van der Waals surface area (Å²) in [5.41, 5.74) is 2.96. The fraction of sp³-hybridized carbons (Fsp3) is 0.294. The molecule has 2 heterocycles. The van der Waals surface area contributed by atoms with Gasteiger partial charge in [-0.05, 0) is 30.7 Å². The molecule has 0 aliphatic carbocycles. The molecule has 0 radical (unpaired) electrons. The van der Waals surface area contributed by atoms with Crippen molar-refractivity contribution in [2.75, 3.05) is 11.1 Å². The normalized spacial score (nSPS) is 11.0. The van der Waals surface area contributed by atoms with Crippen LogP contribution in [0.2, 0.25) is 0 Å². The minimum Gasteiger partial charge on any atom is -0.324 e. The number of rotatable bonds is 5. The molecular formula is C17H18N4O2S2. The number of aromatic nitrogens is 3. The number of thiazole rings is 1. The molecule has 0 bridgehead atoms. The SMILES string of the molecule is CCSc1nc2ncn(CC(=O)Nc3c(C)cccc3C)c(=O)c2s1. The lowest BCUT2D eigenvalue weighted by Gasteiger charge is -2.12. The number of nitrogens with zero attached hydrogens (tertiary/aromatic N) is 3. The molecule has 0 spiro atoms. The smallest absolute Gasteiger partial charge is 0.273 e. The third kappa shape index (κ3) is 3.74. The second kappa shape index (κ2) is 7.37. The molecule has 0 aliphatic rings. The van der Waals surface area contributed by atoms with Gasteiger partial charge in [-0.3, -0.25) is 14.2 Å². The Hall–Kier alpha value is -2.19. The average molecular weight is 374 g/mol. The number of fused-ring (bicyclic) bond motifs is 1. The first-order valence-electron chi connectivity index (χ1n) is 7.84. The van der Waals surface area contributed by atoms with E-state index in [-0.39, 0.29) is 18.0 Å². The molecule has 25 heavy (non-hydrogen) atoms. The predicted octanol–water partition coefficient (Wildman–Crippen LogP) is 3.22. The van der Waals surface area contributed by atoms with E-state index in [0.29, 0.717) is 10.3 Å². The van der Waals surface area contributed by atoms with Crippen LogP contribution in [-0.4, -0.2) is 26.2 Å². The van der Waals surface area contributed by atoms with Crippen LogP contribution in [0.5, 0.6) is 0 Å². The Bertz CT molecular complexity index is 974. The van der Waals surface area contributed by atoms with Gasteiger partial charge in [-0.2, -0.15) is 0 Å². The first-order valence-corrected chi connectivity index (χ1v) is 9.64. The van der Waals surface area contributed by atoms with Gasteiger partial charge < -0.3 is 5.32 Å². The second-order valence-electron chi connectivity index (χ2n) is 5.56. The second-order valence-corrected chi connectivity index (χ2v) is 8.07. The summed E-state index contributed by atoms with van der Waals surface area (Å²) in [5.74, 6) is 0.625. The molecule has 0 atom stereocenters. The van der Waals surface area contributed by atoms with Crippen LogP contribution in [0.4, 0.5) is 5.69 Å². The maximum Gasteiger partial charge on any atom is 0.273 e. The van der Waals surface area contributed by atoms with Crippen molar-refractivity contribution in [3.05, 3.63) is 46.0 Å². The van der Waals surface area contributed by atoms with Crippen LogP contribution < -0.4 is 10.9 Å². The van der Waals surface area contributed by atoms with Crippen molar-refractivity contribution in [2.24, 2.45) is 0 Å². The maximum absolute atomic E-state index is 12.6. The van der Waals surface area contributed by atoms with Crippen molar-refractivity contribution in [1.29, 1.82) is 0 Å². The minimum atomic E-state index is -0.256. The summed E-state index contributed by atoms with van der Waals surface area (Å²) in [5, 5.41) is 2.88. The molecule has 1 aromatic carbocycles. The molecule has 3 aromatic rings. The van der Waals surface area contributed by atoms with E-state index in [1.165, 1.54) is 22.2 Å². The summed E-state index contributed by atoms with van der Waals surface area (Å²) >= 11 is 2.90. The third-order valence-electron chi connectivity index (χ3n) is 3.69. The molecule has 0 unspecified atom stereocenters. The Balaban J connectivity index is 1.84. The summed E-state index contributed by atoms with van der Waals surface area (Å²) in [6.45, 7) is 5.82. The van der Waals surface area contributed by atoms with E-state index < -0.39 is 0 Å². The predicted molar refractivity (Wildman–Crippen MR) is 103 cm³/mol. The Morgan fingerprint density at radius 1 is 1.32 bits per heavy atom. The zero-order valence-electron chi connectivity index (χ0n) is 14.2. The van der Waals surface area contributed by atoms with E-state index in [9.17, 15) is 9.59 Å². The van der Waals surface area contributed by atoms with Gasteiger partial charge in [0, 0.05) is 5.69 Å². The molecule has 1 N–H and O–H groups in total. The first kappa shape index (κ1) is 17.6.